The van der Waals surface area contributed by atoms with Crippen LogP contribution >= 0.6 is 11.6 Å². The Morgan fingerprint density at radius 2 is 1.87 bits per heavy atom. The highest BCUT2D eigenvalue weighted by atomic mass is 35.5. The lowest BCUT2D eigenvalue weighted by molar-refractivity contribution is -0.127. The first-order valence-corrected chi connectivity index (χ1v) is 7.79. The summed E-state index contributed by atoms with van der Waals surface area (Å²) < 4.78 is 10.7. The number of hydrogen-bond donors (Lipinski definition) is 1. The van der Waals surface area contributed by atoms with Gasteiger partial charge in [0.05, 0.1) is 7.11 Å². The molecule has 0 aromatic heterocycles. The van der Waals surface area contributed by atoms with E-state index in [9.17, 15) is 4.79 Å². The van der Waals surface area contributed by atoms with E-state index < -0.39 is 6.10 Å². The summed E-state index contributed by atoms with van der Waals surface area (Å²) in [6.07, 6.45) is 0.157. The van der Waals surface area contributed by atoms with E-state index in [0.717, 1.165) is 17.7 Å². The van der Waals surface area contributed by atoms with Gasteiger partial charge >= 0.3 is 0 Å². The molecule has 1 atom stereocenters. The van der Waals surface area contributed by atoms with Crippen LogP contribution < -0.4 is 14.8 Å². The van der Waals surface area contributed by atoms with Crippen molar-refractivity contribution in [1.29, 1.82) is 0 Å². The molecule has 0 radical (unpaired) electrons. The lowest BCUT2D eigenvalue weighted by Gasteiger charge is -2.15. The van der Waals surface area contributed by atoms with Crippen molar-refractivity contribution in [2.75, 3.05) is 13.7 Å². The van der Waals surface area contributed by atoms with Crippen molar-refractivity contribution < 1.29 is 14.3 Å². The highest BCUT2D eigenvalue weighted by molar-refractivity contribution is 6.30. The van der Waals surface area contributed by atoms with Gasteiger partial charge in [0.1, 0.15) is 11.5 Å². The SMILES string of the molecule is COc1ccc(OC(C)C(=O)NCCc2cccc(Cl)c2)cc1. The Balaban J connectivity index is 1.78. The van der Waals surface area contributed by atoms with Crippen LogP contribution in [0.3, 0.4) is 0 Å². The number of benzene rings is 2. The zero-order valence-electron chi connectivity index (χ0n) is 13.2. The fourth-order valence-electron chi connectivity index (χ4n) is 2.08. The monoisotopic (exact) mass is 333 g/mol. The number of carbonyl (C=O) groups excluding carboxylic acids is 1. The number of hydrogen-bond acceptors (Lipinski definition) is 3. The quantitative estimate of drug-likeness (QED) is 0.844. The second-order valence-corrected chi connectivity index (χ2v) is 5.54. The van der Waals surface area contributed by atoms with Crippen LogP contribution in [0.1, 0.15) is 12.5 Å². The summed E-state index contributed by atoms with van der Waals surface area (Å²) in [5.41, 5.74) is 1.08. The van der Waals surface area contributed by atoms with Crippen molar-refractivity contribution in [3.05, 3.63) is 59.1 Å². The molecular weight excluding hydrogens is 314 g/mol. The van der Waals surface area contributed by atoms with Gasteiger partial charge in [-0.3, -0.25) is 4.79 Å². The maximum Gasteiger partial charge on any atom is 0.260 e. The first-order valence-electron chi connectivity index (χ1n) is 7.41. The van der Waals surface area contributed by atoms with E-state index in [1.165, 1.54) is 0 Å². The van der Waals surface area contributed by atoms with E-state index in [4.69, 9.17) is 21.1 Å². The standard InChI is InChI=1S/C18H20ClNO3/c1-13(23-17-8-6-16(22-2)7-9-17)18(21)20-11-10-14-4-3-5-15(19)12-14/h3-9,12-13H,10-11H2,1-2H3,(H,20,21). The van der Waals surface area contributed by atoms with Gasteiger partial charge in [-0.1, -0.05) is 23.7 Å². The molecule has 5 heteroatoms. The van der Waals surface area contributed by atoms with Crippen LogP contribution in [0.2, 0.25) is 5.02 Å². The molecule has 0 bridgehead atoms. The number of methoxy groups -OCH3 is 1. The topological polar surface area (TPSA) is 47.6 Å². The third-order valence-corrected chi connectivity index (χ3v) is 3.58. The van der Waals surface area contributed by atoms with Gasteiger partial charge in [0.15, 0.2) is 6.10 Å². The Morgan fingerprint density at radius 1 is 1.17 bits per heavy atom. The molecule has 4 nitrogen and oxygen atoms in total. The van der Waals surface area contributed by atoms with Crippen LogP contribution in [0.25, 0.3) is 0 Å². The fraction of sp³-hybridized carbons (Fsp3) is 0.278. The van der Waals surface area contributed by atoms with E-state index in [1.54, 1.807) is 38.3 Å². The normalized spacial score (nSPS) is 11.6. The number of rotatable bonds is 7. The van der Waals surface area contributed by atoms with Crippen molar-refractivity contribution in [2.24, 2.45) is 0 Å². The maximum absolute atomic E-state index is 12.0. The summed E-state index contributed by atoms with van der Waals surface area (Å²) >= 11 is 5.93. The zero-order valence-corrected chi connectivity index (χ0v) is 14.0. The van der Waals surface area contributed by atoms with E-state index >= 15 is 0 Å². The summed E-state index contributed by atoms with van der Waals surface area (Å²) in [4.78, 5) is 12.0. The molecule has 23 heavy (non-hydrogen) atoms. The van der Waals surface area contributed by atoms with Gasteiger partial charge in [-0.15, -0.1) is 0 Å². The molecular formula is C18H20ClNO3. The highest BCUT2D eigenvalue weighted by Crippen LogP contribution is 2.18. The van der Waals surface area contributed by atoms with Gasteiger partial charge in [-0.2, -0.15) is 0 Å². The predicted octanol–water partition coefficient (Wildman–Crippen LogP) is 3.47. The van der Waals surface area contributed by atoms with Gasteiger partial charge in [-0.25, -0.2) is 0 Å². The van der Waals surface area contributed by atoms with Crippen LogP contribution in [-0.2, 0) is 11.2 Å². The molecule has 0 saturated carbocycles. The first-order chi connectivity index (χ1) is 11.1. The smallest absolute Gasteiger partial charge is 0.260 e. The lowest BCUT2D eigenvalue weighted by Crippen LogP contribution is -2.37. The molecule has 0 spiro atoms. The molecule has 2 aromatic carbocycles. The van der Waals surface area contributed by atoms with Crippen LogP contribution in [-0.4, -0.2) is 25.7 Å². The average Bonchev–Trinajstić information content (AvgIpc) is 2.55. The molecule has 0 saturated heterocycles. The molecule has 1 unspecified atom stereocenters. The van der Waals surface area contributed by atoms with Crippen LogP contribution in [0.4, 0.5) is 0 Å². The van der Waals surface area contributed by atoms with Crippen molar-refractivity contribution in [3.63, 3.8) is 0 Å². The third kappa shape index (κ3) is 5.49. The van der Waals surface area contributed by atoms with Crippen molar-refractivity contribution in [2.45, 2.75) is 19.4 Å². The maximum atomic E-state index is 12.0. The van der Waals surface area contributed by atoms with Gasteiger partial charge in [0.2, 0.25) is 0 Å². The zero-order chi connectivity index (χ0) is 16.7. The van der Waals surface area contributed by atoms with Gasteiger partial charge in [-0.05, 0) is 55.3 Å². The van der Waals surface area contributed by atoms with E-state index in [0.29, 0.717) is 17.3 Å². The third-order valence-electron chi connectivity index (χ3n) is 3.34. The Morgan fingerprint density at radius 3 is 2.52 bits per heavy atom. The number of carbonyl (C=O) groups is 1. The molecule has 1 amide bonds. The second-order valence-electron chi connectivity index (χ2n) is 5.11. The van der Waals surface area contributed by atoms with Crippen LogP contribution in [0, 0.1) is 0 Å². The summed E-state index contributed by atoms with van der Waals surface area (Å²) in [5.74, 6) is 1.22. The van der Waals surface area contributed by atoms with Crippen molar-refractivity contribution in [3.8, 4) is 11.5 Å². The minimum absolute atomic E-state index is 0.150. The number of halogens is 1. The summed E-state index contributed by atoms with van der Waals surface area (Å²) in [7, 11) is 1.60. The largest absolute Gasteiger partial charge is 0.497 e. The van der Waals surface area contributed by atoms with Gasteiger partial charge in [0.25, 0.3) is 5.91 Å². The second kappa shape index (κ2) is 8.44. The average molecular weight is 334 g/mol. The Kier molecular flexibility index (Phi) is 6.29. The molecule has 0 aliphatic carbocycles. The van der Waals surface area contributed by atoms with Crippen molar-refractivity contribution in [1.82, 2.24) is 5.32 Å². The molecule has 1 N–H and O–H groups in total. The highest BCUT2D eigenvalue weighted by Gasteiger charge is 2.14. The molecule has 0 heterocycles. The molecule has 0 aliphatic heterocycles. The lowest BCUT2D eigenvalue weighted by atomic mass is 10.1. The number of nitrogens with one attached hydrogen (secondary N) is 1. The number of ether oxygens (including phenoxy) is 2. The number of amides is 1. The Labute approximate surface area is 141 Å². The van der Waals surface area contributed by atoms with Crippen LogP contribution in [0.15, 0.2) is 48.5 Å². The molecule has 2 rings (SSSR count). The molecule has 122 valence electrons. The molecule has 2 aromatic rings. The summed E-state index contributed by atoms with van der Waals surface area (Å²) in [6.45, 7) is 2.26. The molecule has 0 aliphatic rings. The van der Waals surface area contributed by atoms with E-state index in [1.807, 2.05) is 24.3 Å². The van der Waals surface area contributed by atoms with E-state index in [2.05, 4.69) is 5.32 Å². The Hall–Kier alpha value is -2.20. The van der Waals surface area contributed by atoms with Crippen LogP contribution in [0.5, 0.6) is 11.5 Å². The van der Waals surface area contributed by atoms with Crippen molar-refractivity contribution >= 4 is 17.5 Å². The minimum Gasteiger partial charge on any atom is -0.497 e. The first kappa shape index (κ1) is 17.2. The summed E-state index contributed by atoms with van der Waals surface area (Å²) in [6, 6.07) is 14.7. The minimum atomic E-state index is -0.567. The summed E-state index contributed by atoms with van der Waals surface area (Å²) in [5, 5.41) is 3.56. The van der Waals surface area contributed by atoms with Gasteiger partial charge in [0, 0.05) is 11.6 Å². The fourth-order valence-corrected chi connectivity index (χ4v) is 2.29. The van der Waals surface area contributed by atoms with E-state index in [-0.39, 0.29) is 5.91 Å². The predicted molar refractivity (Wildman–Crippen MR) is 91.2 cm³/mol. The Bertz CT molecular complexity index is 643. The van der Waals surface area contributed by atoms with Gasteiger partial charge < -0.3 is 14.8 Å². The molecule has 0 fully saturated rings.